The number of nitrogens with zero attached hydrogens (tertiary/aromatic N) is 1. The molecule has 2 aliphatic heterocycles. The second kappa shape index (κ2) is 3.00. The van der Waals surface area contributed by atoms with Crippen molar-refractivity contribution in [1.82, 2.24) is 4.90 Å². The molecule has 70 valence electrons. The highest BCUT2D eigenvalue weighted by Crippen LogP contribution is 2.38. The van der Waals surface area contributed by atoms with Gasteiger partial charge < -0.3 is 10.6 Å². The van der Waals surface area contributed by atoms with Crippen molar-refractivity contribution in [2.45, 2.75) is 50.7 Å². The van der Waals surface area contributed by atoms with Crippen LogP contribution in [0.25, 0.3) is 0 Å². The monoisotopic (exact) mass is 168 g/mol. The standard InChI is InChI=1S/C10H20N2/c1-7(11)8-5-9-3-4-10(6-8)12(9)2/h7-10H,3-6,11H2,1-2H3. The molecule has 3 atom stereocenters. The topological polar surface area (TPSA) is 29.3 Å². The molecule has 2 saturated heterocycles. The van der Waals surface area contributed by atoms with E-state index in [0.29, 0.717) is 6.04 Å². The zero-order valence-corrected chi connectivity index (χ0v) is 8.16. The largest absolute Gasteiger partial charge is 0.328 e. The van der Waals surface area contributed by atoms with E-state index >= 15 is 0 Å². The number of piperidine rings is 1. The minimum absolute atomic E-state index is 0.404. The zero-order chi connectivity index (χ0) is 8.72. The Hall–Kier alpha value is -0.0800. The van der Waals surface area contributed by atoms with Gasteiger partial charge in [0.1, 0.15) is 0 Å². The minimum atomic E-state index is 0.404. The van der Waals surface area contributed by atoms with Gasteiger partial charge in [-0.25, -0.2) is 0 Å². The number of rotatable bonds is 1. The molecule has 2 fully saturated rings. The summed E-state index contributed by atoms with van der Waals surface area (Å²) in [5.74, 6) is 0.790. The fourth-order valence-electron chi connectivity index (χ4n) is 2.88. The van der Waals surface area contributed by atoms with E-state index in [2.05, 4.69) is 18.9 Å². The average molecular weight is 168 g/mol. The Morgan fingerprint density at radius 3 is 2.17 bits per heavy atom. The van der Waals surface area contributed by atoms with Crippen LogP contribution in [0.3, 0.4) is 0 Å². The summed E-state index contributed by atoms with van der Waals surface area (Å²) in [5, 5.41) is 0. The predicted molar refractivity (Wildman–Crippen MR) is 50.9 cm³/mol. The Kier molecular flexibility index (Phi) is 2.13. The first kappa shape index (κ1) is 8.52. The van der Waals surface area contributed by atoms with E-state index in [4.69, 9.17) is 5.73 Å². The van der Waals surface area contributed by atoms with Crippen molar-refractivity contribution in [2.75, 3.05) is 7.05 Å². The van der Waals surface area contributed by atoms with Gasteiger partial charge in [0.25, 0.3) is 0 Å². The van der Waals surface area contributed by atoms with Crippen molar-refractivity contribution >= 4 is 0 Å². The van der Waals surface area contributed by atoms with Crippen LogP contribution in [0.4, 0.5) is 0 Å². The van der Waals surface area contributed by atoms with Gasteiger partial charge in [-0.05, 0) is 45.6 Å². The lowest BCUT2D eigenvalue weighted by atomic mass is 9.86. The third-order valence-electron chi connectivity index (χ3n) is 3.88. The number of hydrogen-bond acceptors (Lipinski definition) is 2. The SMILES string of the molecule is CC(N)C1CC2CCC(C1)N2C. The van der Waals surface area contributed by atoms with Gasteiger partial charge in [0.15, 0.2) is 0 Å². The summed E-state index contributed by atoms with van der Waals surface area (Å²) in [7, 11) is 2.28. The maximum absolute atomic E-state index is 5.95. The third kappa shape index (κ3) is 1.27. The van der Waals surface area contributed by atoms with Gasteiger partial charge in [0.2, 0.25) is 0 Å². The predicted octanol–water partition coefficient (Wildman–Crippen LogP) is 1.21. The molecule has 3 unspecified atom stereocenters. The third-order valence-corrected chi connectivity index (χ3v) is 3.88. The second-order valence-corrected chi connectivity index (χ2v) is 4.64. The molecule has 2 nitrogen and oxygen atoms in total. The van der Waals surface area contributed by atoms with E-state index in [1.165, 1.54) is 25.7 Å². The Bertz CT molecular complexity index is 153. The van der Waals surface area contributed by atoms with Crippen LogP contribution in [0.2, 0.25) is 0 Å². The highest BCUT2D eigenvalue weighted by molar-refractivity contribution is 4.95. The zero-order valence-electron chi connectivity index (χ0n) is 8.16. The van der Waals surface area contributed by atoms with Crippen LogP contribution in [0.1, 0.15) is 32.6 Å². The smallest absolute Gasteiger partial charge is 0.00989 e. The van der Waals surface area contributed by atoms with Crippen LogP contribution in [-0.4, -0.2) is 30.1 Å². The van der Waals surface area contributed by atoms with E-state index in [1.807, 2.05) is 0 Å². The van der Waals surface area contributed by atoms with Crippen molar-refractivity contribution in [3.63, 3.8) is 0 Å². The molecule has 0 aromatic rings. The van der Waals surface area contributed by atoms with Crippen molar-refractivity contribution in [2.24, 2.45) is 11.7 Å². The summed E-state index contributed by atoms with van der Waals surface area (Å²) in [5.41, 5.74) is 5.95. The van der Waals surface area contributed by atoms with Crippen molar-refractivity contribution < 1.29 is 0 Å². The molecule has 2 heteroatoms. The van der Waals surface area contributed by atoms with Crippen LogP contribution >= 0.6 is 0 Å². The molecule has 0 aromatic carbocycles. The molecule has 2 heterocycles. The quantitative estimate of drug-likeness (QED) is 0.637. The molecule has 0 amide bonds. The Morgan fingerprint density at radius 2 is 1.75 bits per heavy atom. The molecule has 0 aromatic heterocycles. The van der Waals surface area contributed by atoms with E-state index in [1.54, 1.807) is 0 Å². The molecule has 2 bridgehead atoms. The highest BCUT2D eigenvalue weighted by Gasteiger charge is 2.39. The molecular formula is C10H20N2. The fraction of sp³-hybridized carbons (Fsp3) is 1.00. The van der Waals surface area contributed by atoms with Gasteiger partial charge in [-0.2, -0.15) is 0 Å². The lowest BCUT2D eigenvalue weighted by Crippen LogP contribution is -2.44. The van der Waals surface area contributed by atoms with Crippen molar-refractivity contribution in [3.8, 4) is 0 Å². The van der Waals surface area contributed by atoms with Gasteiger partial charge in [0.05, 0.1) is 0 Å². The average Bonchev–Trinajstić information content (AvgIpc) is 2.30. The molecule has 2 aliphatic rings. The summed E-state index contributed by atoms with van der Waals surface area (Å²) in [4.78, 5) is 2.57. The molecule has 0 aliphatic carbocycles. The molecule has 2 rings (SSSR count). The van der Waals surface area contributed by atoms with Crippen LogP contribution in [0.15, 0.2) is 0 Å². The van der Waals surface area contributed by atoms with E-state index < -0.39 is 0 Å². The summed E-state index contributed by atoms with van der Waals surface area (Å²) in [6.07, 6.45) is 5.49. The second-order valence-electron chi connectivity index (χ2n) is 4.64. The molecular weight excluding hydrogens is 148 g/mol. The van der Waals surface area contributed by atoms with Crippen molar-refractivity contribution in [3.05, 3.63) is 0 Å². The fourth-order valence-corrected chi connectivity index (χ4v) is 2.88. The first-order valence-corrected chi connectivity index (χ1v) is 5.16. The van der Waals surface area contributed by atoms with Crippen molar-refractivity contribution in [1.29, 1.82) is 0 Å². The lowest BCUT2D eigenvalue weighted by molar-refractivity contribution is 0.124. The maximum atomic E-state index is 5.95. The van der Waals surface area contributed by atoms with Gasteiger partial charge in [0, 0.05) is 18.1 Å². The number of nitrogens with two attached hydrogens (primary N) is 1. The summed E-state index contributed by atoms with van der Waals surface area (Å²) in [6.45, 7) is 2.16. The summed E-state index contributed by atoms with van der Waals surface area (Å²) in [6, 6.07) is 2.10. The van der Waals surface area contributed by atoms with Crippen LogP contribution in [-0.2, 0) is 0 Å². The molecule has 2 N–H and O–H groups in total. The number of fused-ring (bicyclic) bond motifs is 2. The lowest BCUT2D eigenvalue weighted by Gasteiger charge is -2.37. The number of hydrogen-bond donors (Lipinski definition) is 1. The summed E-state index contributed by atoms with van der Waals surface area (Å²) < 4.78 is 0. The van der Waals surface area contributed by atoms with Crippen LogP contribution < -0.4 is 5.73 Å². The highest BCUT2D eigenvalue weighted by atomic mass is 15.2. The van der Waals surface area contributed by atoms with E-state index in [0.717, 1.165) is 18.0 Å². The van der Waals surface area contributed by atoms with Gasteiger partial charge >= 0.3 is 0 Å². The van der Waals surface area contributed by atoms with E-state index in [9.17, 15) is 0 Å². The Balaban J connectivity index is 2.02. The van der Waals surface area contributed by atoms with E-state index in [-0.39, 0.29) is 0 Å². The first-order valence-electron chi connectivity index (χ1n) is 5.16. The molecule has 0 radical (unpaired) electrons. The van der Waals surface area contributed by atoms with Gasteiger partial charge in [-0.3, -0.25) is 0 Å². The Labute approximate surface area is 75.1 Å². The summed E-state index contributed by atoms with van der Waals surface area (Å²) >= 11 is 0. The first-order chi connectivity index (χ1) is 5.68. The van der Waals surface area contributed by atoms with Crippen LogP contribution in [0, 0.1) is 5.92 Å². The minimum Gasteiger partial charge on any atom is -0.328 e. The molecule has 0 spiro atoms. The van der Waals surface area contributed by atoms with Crippen LogP contribution in [0.5, 0.6) is 0 Å². The molecule has 0 saturated carbocycles. The molecule has 12 heavy (non-hydrogen) atoms. The Morgan fingerprint density at radius 1 is 1.25 bits per heavy atom. The normalized spacial score (nSPS) is 44.8. The van der Waals surface area contributed by atoms with Gasteiger partial charge in [-0.1, -0.05) is 0 Å². The van der Waals surface area contributed by atoms with Gasteiger partial charge in [-0.15, -0.1) is 0 Å². The maximum Gasteiger partial charge on any atom is 0.00989 e.